The Kier molecular flexibility index (Phi) is 6.03. The number of carbonyl (C=O) groups is 2. The first kappa shape index (κ1) is 19.3. The number of fused-ring (bicyclic) bond motifs is 1. The van der Waals surface area contributed by atoms with Crippen LogP contribution in [0.5, 0.6) is 0 Å². The van der Waals surface area contributed by atoms with Crippen molar-refractivity contribution in [2.24, 2.45) is 5.92 Å². The van der Waals surface area contributed by atoms with Gasteiger partial charge in [0.15, 0.2) is 0 Å². The van der Waals surface area contributed by atoms with E-state index in [1.165, 1.54) is 0 Å². The fourth-order valence-electron chi connectivity index (χ4n) is 3.61. The van der Waals surface area contributed by atoms with Crippen LogP contribution in [0.2, 0.25) is 0 Å². The number of amides is 2. The van der Waals surface area contributed by atoms with Crippen LogP contribution in [-0.4, -0.2) is 27.9 Å². The smallest absolute Gasteiger partial charge is 0.320 e. The molecule has 146 valence electrons. The summed E-state index contributed by atoms with van der Waals surface area (Å²) in [5.41, 5.74) is 0.758. The van der Waals surface area contributed by atoms with Gasteiger partial charge >= 0.3 is 6.55 Å². The highest BCUT2D eigenvalue weighted by atomic mass is 19.3. The number of imidazole rings is 1. The molecule has 2 amide bonds. The number of alkyl halides is 2. The fraction of sp³-hybridized carbons (Fsp3) is 0.526. The second-order valence-corrected chi connectivity index (χ2v) is 6.95. The zero-order valence-corrected chi connectivity index (χ0v) is 15.3. The summed E-state index contributed by atoms with van der Waals surface area (Å²) in [7, 11) is 0. The highest BCUT2D eigenvalue weighted by Crippen LogP contribution is 2.26. The minimum atomic E-state index is -2.77. The number of para-hydroxylation sites is 2. The third-order valence-electron chi connectivity index (χ3n) is 4.98. The van der Waals surface area contributed by atoms with Gasteiger partial charge in [-0.3, -0.25) is 14.2 Å². The number of nitrogens with one attached hydrogen (secondary N) is 2. The first-order chi connectivity index (χ1) is 13.0. The Morgan fingerprint density at radius 3 is 2.63 bits per heavy atom. The van der Waals surface area contributed by atoms with Crippen molar-refractivity contribution >= 4 is 22.8 Å². The van der Waals surface area contributed by atoms with Crippen LogP contribution in [-0.2, 0) is 9.59 Å². The van der Waals surface area contributed by atoms with Crippen molar-refractivity contribution in [2.45, 2.75) is 51.6 Å². The van der Waals surface area contributed by atoms with Gasteiger partial charge in [0.05, 0.1) is 23.6 Å². The quantitative estimate of drug-likeness (QED) is 0.810. The largest absolute Gasteiger partial charge is 0.347 e. The molecular formula is C19H24F2N4O2. The minimum Gasteiger partial charge on any atom is -0.347 e. The molecule has 0 aliphatic heterocycles. The van der Waals surface area contributed by atoms with Crippen molar-refractivity contribution in [3.8, 4) is 0 Å². The van der Waals surface area contributed by atoms with Gasteiger partial charge in [0, 0.05) is 5.92 Å². The van der Waals surface area contributed by atoms with Crippen molar-refractivity contribution in [3.63, 3.8) is 0 Å². The van der Waals surface area contributed by atoms with Crippen molar-refractivity contribution in [2.75, 3.05) is 6.54 Å². The first-order valence-electron chi connectivity index (χ1n) is 9.29. The molecule has 1 aliphatic rings. The van der Waals surface area contributed by atoms with Crippen LogP contribution in [0.1, 0.15) is 57.4 Å². The average Bonchev–Trinajstić information content (AvgIpc) is 3.07. The molecule has 0 spiro atoms. The van der Waals surface area contributed by atoms with Crippen LogP contribution in [0, 0.1) is 5.92 Å². The van der Waals surface area contributed by atoms with Crippen LogP contribution in [0.15, 0.2) is 24.3 Å². The average molecular weight is 378 g/mol. The van der Waals surface area contributed by atoms with E-state index >= 15 is 0 Å². The van der Waals surface area contributed by atoms with Gasteiger partial charge in [0.2, 0.25) is 11.8 Å². The molecule has 0 unspecified atom stereocenters. The molecule has 1 aliphatic carbocycles. The van der Waals surface area contributed by atoms with Crippen molar-refractivity contribution in [1.29, 1.82) is 0 Å². The topological polar surface area (TPSA) is 76.0 Å². The number of carbonyl (C=O) groups excluding carboxylic acids is 2. The predicted octanol–water partition coefficient (Wildman–Crippen LogP) is 3.31. The van der Waals surface area contributed by atoms with Crippen LogP contribution in [0.3, 0.4) is 0 Å². The molecule has 6 nitrogen and oxygen atoms in total. The van der Waals surface area contributed by atoms with E-state index in [4.69, 9.17) is 0 Å². The molecule has 0 bridgehead atoms. The van der Waals surface area contributed by atoms with E-state index in [-0.39, 0.29) is 24.2 Å². The van der Waals surface area contributed by atoms with Crippen molar-refractivity contribution < 1.29 is 18.4 Å². The van der Waals surface area contributed by atoms with Gasteiger partial charge in [0.1, 0.15) is 5.82 Å². The van der Waals surface area contributed by atoms with Gasteiger partial charge in [-0.25, -0.2) is 4.98 Å². The van der Waals surface area contributed by atoms with Crippen LogP contribution in [0.4, 0.5) is 8.78 Å². The van der Waals surface area contributed by atoms with Crippen molar-refractivity contribution in [1.82, 2.24) is 20.2 Å². The lowest BCUT2D eigenvalue weighted by Gasteiger charge is -2.21. The Morgan fingerprint density at radius 2 is 1.93 bits per heavy atom. The maximum Gasteiger partial charge on any atom is 0.320 e. The fourth-order valence-corrected chi connectivity index (χ4v) is 3.61. The maximum atomic E-state index is 13.5. The molecular weight excluding hydrogens is 354 g/mol. The monoisotopic (exact) mass is 378 g/mol. The molecule has 0 radical (unpaired) electrons. The van der Waals surface area contributed by atoms with E-state index in [0.29, 0.717) is 11.0 Å². The molecule has 8 heteroatoms. The summed E-state index contributed by atoms with van der Waals surface area (Å²) in [5.74, 6) is -0.498. The van der Waals surface area contributed by atoms with Gasteiger partial charge < -0.3 is 10.6 Å². The number of hydrogen-bond donors (Lipinski definition) is 2. The van der Waals surface area contributed by atoms with Crippen LogP contribution < -0.4 is 10.6 Å². The molecule has 1 aromatic carbocycles. The summed E-state index contributed by atoms with van der Waals surface area (Å²) < 4.78 is 27.8. The summed E-state index contributed by atoms with van der Waals surface area (Å²) in [6.45, 7) is -1.34. The third-order valence-corrected chi connectivity index (χ3v) is 4.98. The minimum absolute atomic E-state index is 0.0352. The number of rotatable bonds is 6. The summed E-state index contributed by atoms with van der Waals surface area (Å²) >= 11 is 0. The molecule has 0 saturated heterocycles. The number of aromatic nitrogens is 2. The van der Waals surface area contributed by atoms with Crippen LogP contribution >= 0.6 is 0 Å². The molecule has 1 atom stereocenters. The molecule has 1 fully saturated rings. The summed E-state index contributed by atoms with van der Waals surface area (Å²) in [6, 6.07) is 5.88. The predicted molar refractivity (Wildman–Crippen MR) is 97.1 cm³/mol. The molecule has 1 saturated carbocycles. The Hall–Kier alpha value is -2.51. The lowest BCUT2D eigenvalue weighted by atomic mass is 9.89. The first-order valence-corrected chi connectivity index (χ1v) is 9.29. The normalized spacial score (nSPS) is 16.4. The highest BCUT2D eigenvalue weighted by molar-refractivity contribution is 5.86. The Balaban J connectivity index is 1.62. The van der Waals surface area contributed by atoms with E-state index in [1.807, 2.05) is 0 Å². The molecule has 3 rings (SSSR count). The standard InChI is InChI=1S/C19H24F2N4O2/c1-12(17-24-14-9-5-6-10-15(14)25(17)19(20)21)23-16(26)11-22-18(27)13-7-3-2-4-8-13/h5-6,9-10,12-13,19H,2-4,7-8,11H2,1H3,(H,22,27)(H,23,26)/t12-/m1/s1. The van der Waals surface area contributed by atoms with Crippen LogP contribution in [0.25, 0.3) is 11.0 Å². The van der Waals surface area contributed by atoms with Gasteiger partial charge in [-0.15, -0.1) is 0 Å². The summed E-state index contributed by atoms with van der Waals surface area (Å²) in [4.78, 5) is 28.5. The molecule has 2 N–H and O–H groups in total. The molecule has 1 aromatic heterocycles. The summed E-state index contributed by atoms with van der Waals surface area (Å²) in [6.07, 6.45) is 4.91. The number of benzene rings is 1. The molecule has 27 heavy (non-hydrogen) atoms. The zero-order chi connectivity index (χ0) is 19.4. The van der Waals surface area contributed by atoms with E-state index < -0.39 is 18.5 Å². The third kappa shape index (κ3) is 4.43. The lowest BCUT2D eigenvalue weighted by Crippen LogP contribution is -2.41. The van der Waals surface area contributed by atoms with Gasteiger partial charge in [-0.05, 0) is 31.9 Å². The second kappa shape index (κ2) is 8.45. The van der Waals surface area contributed by atoms with Gasteiger partial charge in [0.25, 0.3) is 0 Å². The molecule has 2 aromatic rings. The Morgan fingerprint density at radius 1 is 1.22 bits per heavy atom. The Labute approximate surface area is 156 Å². The maximum absolute atomic E-state index is 13.5. The zero-order valence-electron chi connectivity index (χ0n) is 15.3. The van der Waals surface area contributed by atoms with E-state index in [0.717, 1.165) is 36.7 Å². The van der Waals surface area contributed by atoms with E-state index in [2.05, 4.69) is 15.6 Å². The van der Waals surface area contributed by atoms with Crippen molar-refractivity contribution in [3.05, 3.63) is 30.1 Å². The summed E-state index contributed by atoms with van der Waals surface area (Å²) in [5, 5.41) is 5.29. The number of hydrogen-bond acceptors (Lipinski definition) is 3. The van der Waals surface area contributed by atoms with E-state index in [1.54, 1.807) is 31.2 Å². The molecule has 1 heterocycles. The number of halogens is 2. The highest BCUT2D eigenvalue weighted by Gasteiger charge is 2.24. The Bertz CT molecular complexity index is 815. The van der Waals surface area contributed by atoms with Gasteiger partial charge in [-0.2, -0.15) is 8.78 Å². The SMILES string of the molecule is C[C@@H](NC(=O)CNC(=O)C1CCCCC1)c1nc2ccccc2n1C(F)F. The van der Waals surface area contributed by atoms with E-state index in [9.17, 15) is 18.4 Å². The number of nitrogens with zero attached hydrogens (tertiary/aromatic N) is 2. The second-order valence-electron chi connectivity index (χ2n) is 6.95. The lowest BCUT2D eigenvalue weighted by molar-refractivity contribution is -0.129. The van der Waals surface area contributed by atoms with Gasteiger partial charge in [-0.1, -0.05) is 31.4 Å².